The van der Waals surface area contributed by atoms with E-state index in [1.54, 1.807) is 12.1 Å². The summed E-state index contributed by atoms with van der Waals surface area (Å²) < 4.78 is 0. The topological polar surface area (TPSA) is 40.5 Å². The molecule has 2 heteroatoms. The van der Waals surface area contributed by atoms with Crippen molar-refractivity contribution in [3.63, 3.8) is 0 Å². The average molecular weight is 298 g/mol. The van der Waals surface area contributed by atoms with Crippen LogP contribution in [0.2, 0.25) is 0 Å². The van der Waals surface area contributed by atoms with Crippen molar-refractivity contribution < 1.29 is 10.2 Å². The standard InChI is InChI=1S/C20H26O2/c1-13-11-15(7-9-17(13)21)20(6,19(3,4)5)16-8-10-18(22)14(2)12-16/h7-12,21-22H,1-6H3. The predicted octanol–water partition coefficient (Wildman–Crippen LogP) is 5.07. The Hall–Kier alpha value is -1.96. The van der Waals surface area contributed by atoms with Crippen LogP contribution in [0.1, 0.15) is 49.9 Å². The summed E-state index contributed by atoms with van der Waals surface area (Å²) in [6.45, 7) is 12.7. The lowest BCUT2D eigenvalue weighted by Gasteiger charge is -2.43. The summed E-state index contributed by atoms with van der Waals surface area (Å²) in [5, 5.41) is 19.7. The fourth-order valence-electron chi connectivity index (χ4n) is 2.97. The minimum absolute atomic E-state index is 0.0280. The normalized spacial score (nSPS) is 12.5. The molecule has 0 aliphatic carbocycles. The van der Waals surface area contributed by atoms with Gasteiger partial charge in [0.1, 0.15) is 11.5 Å². The minimum atomic E-state index is -0.232. The highest BCUT2D eigenvalue weighted by Crippen LogP contribution is 2.47. The number of aromatic hydroxyl groups is 2. The van der Waals surface area contributed by atoms with E-state index >= 15 is 0 Å². The third-order valence-electron chi connectivity index (χ3n) is 5.05. The molecular formula is C20H26O2. The first-order valence-electron chi connectivity index (χ1n) is 7.67. The summed E-state index contributed by atoms with van der Waals surface area (Å²) in [5.41, 5.74) is 3.83. The first kappa shape index (κ1) is 16.4. The lowest BCUT2D eigenvalue weighted by atomic mass is 9.60. The molecule has 0 aromatic heterocycles. The molecule has 0 spiro atoms. The van der Waals surface area contributed by atoms with Crippen molar-refractivity contribution in [2.75, 3.05) is 0 Å². The van der Waals surface area contributed by atoms with Gasteiger partial charge in [0.05, 0.1) is 0 Å². The molecule has 0 amide bonds. The molecule has 2 nitrogen and oxygen atoms in total. The molecule has 0 unspecified atom stereocenters. The van der Waals surface area contributed by atoms with Crippen LogP contribution in [0.5, 0.6) is 11.5 Å². The smallest absolute Gasteiger partial charge is 0.118 e. The fourth-order valence-corrected chi connectivity index (χ4v) is 2.97. The van der Waals surface area contributed by atoms with Gasteiger partial charge in [-0.1, -0.05) is 52.0 Å². The number of aryl methyl sites for hydroxylation is 2. The first-order valence-corrected chi connectivity index (χ1v) is 7.67. The maximum atomic E-state index is 9.83. The maximum Gasteiger partial charge on any atom is 0.118 e. The molecule has 0 fully saturated rings. The highest BCUT2D eigenvalue weighted by Gasteiger charge is 2.41. The van der Waals surface area contributed by atoms with Crippen molar-refractivity contribution in [1.29, 1.82) is 0 Å². The van der Waals surface area contributed by atoms with Crippen LogP contribution in [0, 0.1) is 19.3 Å². The summed E-state index contributed by atoms with van der Waals surface area (Å²) in [6, 6.07) is 11.6. The van der Waals surface area contributed by atoms with Crippen molar-refractivity contribution >= 4 is 0 Å². The molecule has 22 heavy (non-hydrogen) atoms. The Labute approximate surface area is 133 Å². The van der Waals surface area contributed by atoms with Gasteiger partial charge in [0.2, 0.25) is 0 Å². The molecule has 2 rings (SSSR count). The molecule has 0 atom stereocenters. The summed E-state index contributed by atoms with van der Waals surface area (Å²) in [4.78, 5) is 0. The van der Waals surface area contributed by atoms with Gasteiger partial charge in [0.15, 0.2) is 0 Å². The maximum absolute atomic E-state index is 9.83. The van der Waals surface area contributed by atoms with Crippen LogP contribution in [0.15, 0.2) is 36.4 Å². The Balaban J connectivity index is 2.72. The van der Waals surface area contributed by atoms with Crippen molar-refractivity contribution in [3.05, 3.63) is 58.7 Å². The molecule has 2 N–H and O–H groups in total. The monoisotopic (exact) mass is 298 g/mol. The van der Waals surface area contributed by atoms with Gasteiger partial charge < -0.3 is 10.2 Å². The molecule has 0 radical (unpaired) electrons. The zero-order valence-corrected chi connectivity index (χ0v) is 14.4. The third kappa shape index (κ3) is 2.58. The van der Waals surface area contributed by atoms with E-state index in [4.69, 9.17) is 0 Å². The van der Waals surface area contributed by atoms with Gasteiger partial charge >= 0.3 is 0 Å². The number of benzene rings is 2. The summed E-state index contributed by atoms with van der Waals surface area (Å²) in [7, 11) is 0. The van der Waals surface area contributed by atoms with Crippen LogP contribution in [0.25, 0.3) is 0 Å². The van der Waals surface area contributed by atoms with E-state index in [1.807, 2.05) is 26.0 Å². The van der Waals surface area contributed by atoms with Crippen molar-refractivity contribution in [2.45, 2.75) is 47.0 Å². The van der Waals surface area contributed by atoms with Crippen LogP contribution < -0.4 is 0 Å². The van der Waals surface area contributed by atoms with E-state index in [1.165, 1.54) is 11.1 Å². The Morgan fingerprint density at radius 1 is 0.682 bits per heavy atom. The number of hydrogen-bond donors (Lipinski definition) is 2. The van der Waals surface area contributed by atoms with Gasteiger partial charge in [0.25, 0.3) is 0 Å². The molecule has 0 aliphatic rings. The van der Waals surface area contributed by atoms with E-state index in [-0.39, 0.29) is 10.8 Å². The van der Waals surface area contributed by atoms with Gasteiger partial charge in [-0.05, 0) is 53.6 Å². The Morgan fingerprint density at radius 3 is 1.32 bits per heavy atom. The van der Waals surface area contributed by atoms with Crippen LogP contribution in [-0.4, -0.2) is 10.2 Å². The Kier molecular flexibility index (Phi) is 3.99. The minimum Gasteiger partial charge on any atom is -0.508 e. The fraction of sp³-hybridized carbons (Fsp3) is 0.400. The molecule has 2 aromatic rings. The zero-order chi connectivity index (χ0) is 16.7. The second kappa shape index (κ2) is 5.35. The van der Waals surface area contributed by atoms with Gasteiger partial charge in [-0.15, -0.1) is 0 Å². The van der Waals surface area contributed by atoms with Crippen molar-refractivity contribution in [3.8, 4) is 11.5 Å². The van der Waals surface area contributed by atoms with Crippen LogP contribution in [0.3, 0.4) is 0 Å². The highest BCUT2D eigenvalue weighted by atomic mass is 16.3. The van der Waals surface area contributed by atoms with Crippen LogP contribution >= 0.6 is 0 Å². The second-order valence-electron chi connectivity index (χ2n) is 7.38. The summed E-state index contributed by atoms with van der Waals surface area (Å²) >= 11 is 0. The van der Waals surface area contributed by atoms with Crippen molar-refractivity contribution in [1.82, 2.24) is 0 Å². The number of phenols is 2. The average Bonchev–Trinajstić information content (AvgIpc) is 2.42. The molecule has 0 bridgehead atoms. The van der Waals surface area contributed by atoms with E-state index in [0.29, 0.717) is 11.5 Å². The molecule has 0 saturated heterocycles. The highest BCUT2D eigenvalue weighted by molar-refractivity contribution is 5.48. The SMILES string of the molecule is Cc1cc(C(C)(c2ccc(O)c(C)c2)C(C)(C)C)ccc1O. The van der Waals surface area contributed by atoms with Crippen LogP contribution in [-0.2, 0) is 5.41 Å². The van der Waals surface area contributed by atoms with Crippen molar-refractivity contribution in [2.24, 2.45) is 5.41 Å². The lowest BCUT2D eigenvalue weighted by Crippen LogP contribution is -2.38. The summed E-state index contributed by atoms with van der Waals surface area (Å²) in [6.07, 6.45) is 0. The van der Waals surface area contributed by atoms with E-state index in [2.05, 4.69) is 39.8 Å². The van der Waals surface area contributed by atoms with Gasteiger partial charge in [-0.2, -0.15) is 0 Å². The lowest BCUT2D eigenvalue weighted by molar-refractivity contribution is 0.248. The zero-order valence-electron chi connectivity index (χ0n) is 14.4. The number of phenolic OH excluding ortho intramolecular Hbond substituents is 2. The van der Waals surface area contributed by atoms with E-state index in [0.717, 1.165) is 11.1 Å². The Bertz CT molecular complexity index is 642. The Morgan fingerprint density at radius 2 is 1.05 bits per heavy atom. The number of hydrogen-bond acceptors (Lipinski definition) is 2. The van der Waals surface area contributed by atoms with Gasteiger partial charge in [-0.3, -0.25) is 0 Å². The van der Waals surface area contributed by atoms with Gasteiger partial charge in [0, 0.05) is 5.41 Å². The molecule has 2 aromatic carbocycles. The molecular weight excluding hydrogens is 272 g/mol. The van der Waals surface area contributed by atoms with E-state index < -0.39 is 0 Å². The molecule has 0 heterocycles. The van der Waals surface area contributed by atoms with E-state index in [9.17, 15) is 10.2 Å². The largest absolute Gasteiger partial charge is 0.508 e. The predicted molar refractivity (Wildman–Crippen MR) is 91.6 cm³/mol. The second-order valence-corrected chi connectivity index (χ2v) is 7.38. The van der Waals surface area contributed by atoms with Crippen LogP contribution in [0.4, 0.5) is 0 Å². The quantitative estimate of drug-likeness (QED) is 0.813. The molecule has 0 aliphatic heterocycles. The third-order valence-corrected chi connectivity index (χ3v) is 5.05. The van der Waals surface area contributed by atoms with Gasteiger partial charge in [-0.25, -0.2) is 0 Å². The molecule has 118 valence electrons. The number of rotatable bonds is 2. The first-order chi connectivity index (χ1) is 10.1. The summed E-state index contributed by atoms with van der Waals surface area (Å²) in [5.74, 6) is 0.642. The molecule has 0 saturated carbocycles.